The minimum Gasteiger partial charge on any atom is -0.464 e. The molecular weight excluding hydrogens is 502 g/mol. The van der Waals surface area contributed by atoms with Gasteiger partial charge < -0.3 is 29.7 Å². The van der Waals surface area contributed by atoms with Crippen molar-refractivity contribution in [2.24, 2.45) is 5.92 Å². The van der Waals surface area contributed by atoms with Crippen LogP contribution < -0.4 is 10.6 Å². The van der Waals surface area contributed by atoms with E-state index in [0.717, 1.165) is 24.8 Å². The number of hydrogen-bond acceptors (Lipinski definition) is 7. The Morgan fingerprint density at radius 2 is 1.90 bits per heavy atom. The Hall–Kier alpha value is -2.88. The minimum atomic E-state index is -1.08. The number of hydrogen-bond donors (Lipinski definition) is 2. The molecule has 2 aliphatic heterocycles. The van der Waals surface area contributed by atoms with E-state index in [1.165, 1.54) is 4.90 Å². The predicted octanol–water partition coefficient (Wildman–Crippen LogP) is 3.65. The van der Waals surface area contributed by atoms with Crippen LogP contribution in [0.5, 0.6) is 0 Å². The highest BCUT2D eigenvalue weighted by molar-refractivity contribution is 5.94. The highest BCUT2D eigenvalue weighted by atomic mass is 16.6. The van der Waals surface area contributed by atoms with Crippen LogP contribution in [-0.2, 0) is 28.6 Å². The van der Waals surface area contributed by atoms with E-state index in [4.69, 9.17) is 14.2 Å². The van der Waals surface area contributed by atoms with Gasteiger partial charge in [-0.3, -0.25) is 9.59 Å². The number of ether oxygens (including phenoxy) is 3. The molecule has 2 aliphatic rings. The third-order valence-corrected chi connectivity index (χ3v) is 6.57. The largest absolute Gasteiger partial charge is 0.464 e. The molecular formula is C29H47N3O7. The maximum atomic E-state index is 14.0. The van der Waals surface area contributed by atoms with Gasteiger partial charge in [0.25, 0.3) is 0 Å². The Morgan fingerprint density at radius 3 is 2.54 bits per heavy atom. The number of fused-ring (bicyclic) bond motifs is 1. The molecule has 3 amide bonds. The molecule has 39 heavy (non-hydrogen) atoms. The zero-order chi connectivity index (χ0) is 29.2. The Labute approximate surface area is 232 Å². The van der Waals surface area contributed by atoms with Crippen LogP contribution in [-0.4, -0.2) is 78.4 Å². The van der Waals surface area contributed by atoms with E-state index in [-0.39, 0.29) is 19.1 Å². The zero-order valence-electron chi connectivity index (χ0n) is 24.6. The molecule has 2 N–H and O–H groups in total. The number of nitrogens with one attached hydrogen (secondary N) is 2. The second-order valence-electron chi connectivity index (χ2n) is 11.4. The van der Waals surface area contributed by atoms with Crippen molar-refractivity contribution in [2.45, 2.75) is 110 Å². The first-order valence-electron chi connectivity index (χ1n) is 14.0. The van der Waals surface area contributed by atoms with Crippen molar-refractivity contribution < 1.29 is 33.4 Å². The maximum absolute atomic E-state index is 14.0. The minimum absolute atomic E-state index is 0.207. The fraction of sp³-hybridized carbons (Fsp3) is 0.724. The quantitative estimate of drug-likeness (QED) is 0.405. The lowest BCUT2D eigenvalue weighted by atomic mass is 9.96. The number of esters is 1. The van der Waals surface area contributed by atoms with Gasteiger partial charge in [0.05, 0.1) is 19.3 Å². The van der Waals surface area contributed by atoms with Crippen molar-refractivity contribution >= 4 is 23.9 Å². The lowest BCUT2D eigenvalue weighted by Gasteiger charge is -2.33. The van der Waals surface area contributed by atoms with Crippen LogP contribution in [0.25, 0.3) is 0 Å². The van der Waals surface area contributed by atoms with Gasteiger partial charge in [-0.2, -0.15) is 0 Å². The van der Waals surface area contributed by atoms with Gasteiger partial charge in [-0.15, -0.1) is 0 Å². The second-order valence-corrected chi connectivity index (χ2v) is 11.4. The van der Waals surface area contributed by atoms with Crippen molar-refractivity contribution in [1.29, 1.82) is 0 Å². The summed E-state index contributed by atoms with van der Waals surface area (Å²) in [4.78, 5) is 54.6. The molecule has 1 fully saturated rings. The lowest BCUT2D eigenvalue weighted by molar-refractivity contribution is -0.149. The van der Waals surface area contributed by atoms with Crippen LogP contribution in [0.2, 0.25) is 0 Å². The normalized spacial score (nSPS) is 28.1. The Kier molecular flexibility index (Phi) is 12.5. The van der Waals surface area contributed by atoms with Crippen LogP contribution in [0, 0.1) is 5.92 Å². The van der Waals surface area contributed by atoms with Gasteiger partial charge in [0.1, 0.15) is 23.7 Å². The molecule has 0 saturated carbocycles. The SMILES string of the molecule is CCOC(=O)[C@@H]1CCCC/C=C\CO[C@@H](C)[C@H](NC(=O)OC(C)(C)C)C(=O)N2CC[C@H](C=C(C)C)[C@H]2C(=O)N1. The predicted molar refractivity (Wildman–Crippen MR) is 148 cm³/mol. The van der Waals surface area contributed by atoms with Gasteiger partial charge >= 0.3 is 12.1 Å². The molecule has 0 aromatic rings. The number of alkyl carbamates (subject to hydrolysis) is 1. The number of allylic oxidation sites excluding steroid dienone is 2. The van der Waals surface area contributed by atoms with E-state index < -0.39 is 53.7 Å². The van der Waals surface area contributed by atoms with E-state index in [0.29, 0.717) is 19.4 Å². The van der Waals surface area contributed by atoms with Crippen molar-refractivity contribution in [3.8, 4) is 0 Å². The van der Waals surface area contributed by atoms with Crippen molar-refractivity contribution in [2.75, 3.05) is 19.8 Å². The molecule has 0 aliphatic carbocycles. The summed E-state index contributed by atoms with van der Waals surface area (Å²) in [7, 11) is 0. The smallest absolute Gasteiger partial charge is 0.408 e. The molecule has 2 rings (SSSR count). The summed E-state index contributed by atoms with van der Waals surface area (Å²) in [5.41, 5.74) is 0.258. The highest BCUT2D eigenvalue weighted by Crippen LogP contribution is 2.29. The van der Waals surface area contributed by atoms with Crippen molar-refractivity contribution in [3.05, 3.63) is 23.8 Å². The average Bonchev–Trinajstić information content (AvgIpc) is 3.24. The molecule has 0 unspecified atom stereocenters. The summed E-state index contributed by atoms with van der Waals surface area (Å²) < 4.78 is 16.6. The average molecular weight is 550 g/mol. The van der Waals surface area contributed by atoms with Crippen LogP contribution in [0.3, 0.4) is 0 Å². The maximum Gasteiger partial charge on any atom is 0.408 e. The Morgan fingerprint density at radius 1 is 1.18 bits per heavy atom. The summed E-state index contributed by atoms with van der Waals surface area (Å²) in [5.74, 6) is -1.59. The van der Waals surface area contributed by atoms with Gasteiger partial charge in [-0.25, -0.2) is 9.59 Å². The first kappa shape index (κ1) is 32.3. The second kappa shape index (κ2) is 15.1. The molecule has 0 radical (unpaired) electrons. The summed E-state index contributed by atoms with van der Waals surface area (Å²) >= 11 is 0. The molecule has 2 heterocycles. The Bertz CT molecular complexity index is 920. The number of carbonyl (C=O) groups excluding carboxylic acids is 4. The number of nitrogens with zero attached hydrogens (tertiary/aromatic N) is 1. The monoisotopic (exact) mass is 549 g/mol. The molecule has 0 bridgehead atoms. The number of rotatable bonds is 4. The first-order valence-corrected chi connectivity index (χ1v) is 14.0. The summed E-state index contributed by atoms with van der Waals surface area (Å²) in [6.07, 6.45) is 7.73. The van der Waals surface area contributed by atoms with Gasteiger partial charge in [0, 0.05) is 12.5 Å². The fourth-order valence-corrected chi connectivity index (χ4v) is 4.84. The van der Waals surface area contributed by atoms with E-state index in [2.05, 4.69) is 10.6 Å². The first-order chi connectivity index (χ1) is 18.3. The lowest BCUT2D eigenvalue weighted by Crippen LogP contribution is -2.59. The van der Waals surface area contributed by atoms with E-state index >= 15 is 0 Å². The van der Waals surface area contributed by atoms with Gasteiger partial charge in [-0.1, -0.05) is 30.2 Å². The van der Waals surface area contributed by atoms with Crippen LogP contribution in [0.1, 0.15) is 80.6 Å². The van der Waals surface area contributed by atoms with Crippen LogP contribution in [0.4, 0.5) is 4.79 Å². The summed E-state index contributed by atoms with van der Waals surface area (Å²) in [6.45, 7) is 13.3. The van der Waals surface area contributed by atoms with Gasteiger partial charge in [0.2, 0.25) is 11.8 Å². The highest BCUT2D eigenvalue weighted by Gasteiger charge is 2.45. The third-order valence-electron chi connectivity index (χ3n) is 6.57. The third kappa shape index (κ3) is 10.3. The van der Waals surface area contributed by atoms with Crippen molar-refractivity contribution in [1.82, 2.24) is 15.5 Å². The van der Waals surface area contributed by atoms with Gasteiger partial charge in [-0.05, 0) is 74.1 Å². The number of carbonyl (C=O) groups is 4. The molecule has 10 heteroatoms. The molecule has 1 saturated heterocycles. The molecule has 0 aromatic carbocycles. The van der Waals surface area contributed by atoms with E-state index in [1.807, 2.05) is 32.1 Å². The van der Waals surface area contributed by atoms with E-state index in [9.17, 15) is 19.2 Å². The standard InChI is InChI=1S/C29H47N3O7/c1-8-37-27(35)22-14-12-10-9-11-13-17-38-20(4)23(31-28(36)39-29(5,6)7)26(34)32-16-15-21(18-19(2)3)24(32)25(33)30-22/h11,13,18,20-24H,8-10,12,14-17H2,1-7H3,(H,30,33)(H,31,36)/b13-11-/t20-,21+,22-,23-,24-/m0/s1. The van der Waals surface area contributed by atoms with Crippen LogP contribution in [0.15, 0.2) is 23.8 Å². The van der Waals surface area contributed by atoms with Crippen molar-refractivity contribution in [3.63, 3.8) is 0 Å². The van der Waals surface area contributed by atoms with Gasteiger partial charge in [0.15, 0.2) is 0 Å². The molecule has 0 aromatic heterocycles. The Balaban J connectivity index is 2.46. The fourth-order valence-electron chi connectivity index (χ4n) is 4.84. The molecule has 0 spiro atoms. The topological polar surface area (TPSA) is 123 Å². The number of amides is 3. The molecule has 220 valence electrons. The van der Waals surface area contributed by atoms with Crippen LogP contribution >= 0.6 is 0 Å². The zero-order valence-corrected chi connectivity index (χ0v) is 24.6. The summed E-state index contributed by atoms with van der Waals surface area (Å²) in [5, 5.41) is 5.56. The summed E-state index contributed by atoms with van der Waals surface area (Å²) in [6, 6.07) is -2.74. The van der Waals surface area contributed by atoms with E-state index in [1.54, 1.807) is 34.6 Å². The molecule has 5 atom stereocenters. The molecule has 10 nitrogen and oxygen atoms in total.